The Morgan fingerprint density at radius 3 is 2.87 bits per heavy atom. The first-order chi connectivity index (χ1) is 11.1. The summed E-state index contributed by atoms with van der Waals surface area (Å²) in [5, 5.41) is 12.5. The minimum atomic E-state index is -0.470. The highest BCUT2D eigenvalue weighted by atomic mass is 32.1. The lowest BCUT2D eigenvalue weighted by molar-refractivity contribution is 0.0235. The summed E-state index contributed by atoms with van der Waals surface area (Å²) < 4.78 is 18.9. The highest BCUT2D eigenvalue weighted by Crippen LogP contribution is 2.39. The van der Waals surface area contributed by atoms with Gasteiger partial charge >= 0.3 is 0 Å². The lowest BCUT2D eigenvalue weighted by Crippen LogP contribution is -2.41. The number of methoxy groups -OCH3 is 1. The van der Waals surface area contributed by atoms with E-state index in [0.29, 0.717) is 23.3 Å². The molecule has 0 saturated heterocycles. The van der Waals surface area contributed by atoms with Gasteiger partial charge < -0.3 is 15.2 Å². The van der Waals surface area contributed by atoms with Gasteiger partial charge in [0.05, 0.1) is 31.0 Å². The zero-order valence-corrected chi connectivity index (χ0v) is 13.3. The van der Waals surface area contributed by atoms with Gasteiger partial charge in [-0.1, -0.05) is 6.07 Å². The molecule has 1 amide bonds. The third-order valence-corrected chi connectivity index (χ3v) is 4.87. The summed E-state index contributed by atoms with van der Waals surface area (Å²) in [5.74, 6) is -0.471. The lowest BCUT2D eigenvalue weighted by atomic mass is 9.75. The molecule has 0 radical (unpaired) electrons. The molecular weight excluding hydrogens is 319 g/mol. The number of amides is 1. The molecule has 1 aliphatic carbocycles. The predicted octanol–water partition coefficient (Wildman–Crippen LogP) is 2.53. The zero-order chi connectivity index (χ0) is 16.4. The molecule has 0 spiro atoms. The maximum atomic E-state index is 14.0. The second-order valence-corrected chi connectivity index (χ2v) is 6.48. The summed E-state index contributed by atoms with van der Waals surface area (Å²) in [7, 11) is 1.41. The van der Waals surface area contributed by atoms with Gasteiger partial charge in [0.1, 0.15) is 4.88 Å². The van der Waals surface area contributed by atoms with E-state index in [2.05, 4.69) is 10.3 Å². The molecule has 1 atom stereocenters. The number of ether oxygens (including phenoxy) is 1. The van der Waals surface area contributed by atoms with Crippen LogP contribution < -0.4 is 10.1 Å². The largest absolute Gasteiger partial charge is 0.494 e. The molecule has 23 heavy (non-hydrogen) atoms. The van der Waals surface area contributed by atoms with E-state index < -0.39 is 5.82 Å². The van der Waals surface area contributed by atoms with Crippen LogP contribution in [0.1, 0.15) is 34.1 Å². The quantitative estimate of drug-likeness (QED) is 0.880. The van der Waals surface area contributed by atoms with Crippen LogP contribution in [0.4, 0.5) is 4.39 Å². The molecule has 1 heterocycles. The number of benzene rings is 1. The molecule has 7 heteroatoms. The van der Waals surface area contributed by atoms with Crippen LogP contribution in [0.5, 0.6) is 5.75 Å². The van der Waals surface area contributed by atoms with Gasteiger partial charge in [0.15, 0.2) is 11.6 Å². The Morgan fingerprint density at radius 1 is 1.52 bits per heavy atom. The SMILES string of the molecule is COc1ccc([C@@H](NC(=O)c2cncs2)C2CC(O)C2)cc1F. The van der Waals surface area contributed by atoms with Gasteiger partial charge in [-0.05, 0) is 36.5 Å². The first-order valence-corrected chi connectivity index (χ1v) is 8.17. The average molecular weight is 336 g/mol. The summed E-state index contributed by atoms with van der Waals surface area (Å²) in [6.45, 7) is 0. The van der Waals surface area contributed by atoms with Gasteiger partial charge in [-0.3, -0.25) is 9.78 Å². The maximum Gasteiger partial charge on any atom is 0.263 e. The van der Waals surface area contributed by atoms with Crippen LogP contribution in [-0.4, -0.2) is 29.2 Å². The predicted molar refractivity (Wildman–Crippen MR) is 84.0 cm³/mol. The highest BCUT2D eigenvalue weighted by Gasteiger charge is 2.36. The lowest BCUT2D eigenvalue weighted by Gasteiger charge is -2.38. The zero-order valence-electron chi connectivity index (χ0n) is 12.5. The molecule has 0 aliphatic heterocycles. The number of nitrogens with zero attached hydrogens (tertiary/aromatic N) is 1. The van der Waals surface area contributed by atoms with Crippen LogP contribution in [0.2, 0.25) is 0 Å². The van der Waals surface area contributed by atoms with E-state index in [1.165, 1.54) is 30.7 Å². The second-order valence-electron chi connectivity index (χ2n) is 5.60. The van der Waals surface area contributed by atoms with Crippen LogP contribution in [0, 0.1) is 11.7 Å². The maximum absolute atomic E-state index is 14.0. The third-order valence-electron chi connectivity index (χ3n) is 4.10. The number of halogens is 1. The van der Waals surface area contributed by atoms with Crippen LogP contribution in [-0.2, 0) is 0 Å². The molecule has 122 valence electrons. The molecule has 2 aromatic rings. The number of nitrogens with one attached hydrogen (secondary N) is 1. The van der Waals surface area contributed by atoms with Crippen molar-refractivity contribution in [1.29, 1.82) is 0 Å². The number of aliphatic hydroxyl groups is 1. The first kappa shape index (κ1) is 15.9. The van der Waals surface area contributed by atoms with Crippen LogP contribution >= 0.6 is 11.3 Å². The molecule has 0 bridgehead atoms. The molecule has 1 aromatic carbocycles. The van der Waals surface area contributed by atoms with Crippen molar-refractivity contribution in [3.8, 4) is 5.75 Å². The number of rotatable bonds is 5. The summed E-state index contributed by atoms with van der Waals surface area (Å²) >= 11 is 1.25. The van der Waals surface area contributed by atoms with Crippen molar-refractivity contribution in [2.45, 2.75) is 25.0 Å². The molecule has 2 N–H and O–H groups in total. The Morgan fingerprint density at radius 2 is 2.30 bits per heavy atom. The molecular formula is C16H17FN2O3S. The minimum absolute atomic E-state index is 0.0784. The van der Waals surface area contributed by atoms with Crippen molar-refractivity contribution < 1.29 is 19.0 Å². The van der Waals surface area contributed by atoms with Gasteiger partial charge in [0.25, 0.3) is 5.91 Å². The van der Waals surface area contributed by atoms with Crippen molar-refractivity contribution in [3.63, 3.8) is 0 Å². The number of hydrogen-bond donors (Lipinski definition) is 2. The Kier molecular flexibility index (Phi) is 4.58. The topological polar surface area (TPSA) is 71.5 Å². The molecule has 1 aliphatic rings. The first-order valence-electron chi connectivity index (χ1n) is 7.29. The van der Waals surface area contributed by atoms with Gasteiger partial charge in [0.2, 0.25) is 0 Å². The number of carbonyl (C=O) groups is 1. The summed E-state index contributed by atoms with van der Waals surface area (Å²) in [5.41, 5.74) is 2.25. The van der Waals surface area contributed by atoms with E-state index in [9.17, 15) is 14.3 Å². The number of hydrogen-bond acceptors (Lipinski definition) is 5. The Balaban J connectivity index is 1.83. The molecule has 1 aromatic heterocycles. The van der Waals surface area contributed by atoms with Gasteiger partial charge in [-0.25, -0.2) is 4.39 Å². The van der Waals surface area contributed by atoms with Crippen LogP contribution in [0.3, 0.4) is 0 Å². The molecule has 5 nitrogen and oxygen atoms in total. The monoisotopic (exact) mass is 336 g/mol. The van der Waals surface area contributed by atoms with Crippen molar-refractivity contribution in [2.24, 2.45) is 5.92 Å². The van der Waals surface area contributed by atoms with Gasteiger partial charge in [-0.2, -0.15) is 0 Å². The fourth-order valence-electron chi connectivity index (χ4n) is 2.79. The highest BCUT2D eigenvalue weighted by molar-refractivity contribution is 7.11. The number of aliphatic hydroxyl groups excluding tert-OH is 1. The van der Waals surface area contributed by atoms with E-state index in [1.807, 2.05) is 0 Å². The Bertz CT molecular complexity index is 687. The standard InChI is InChI=1S/C16H17FN2O3S/c1-22-13-3-2-9(6-12(13)17)15(10-4-11(20)5-10)19-16(21)14-7-18-8-23-14/h2-3,6-8,10-11,15,20H,4-5H2,1H3,(H,19,21)/t10?,11?,15-/m1/s1. The van der Waals surface area contributed by atoms with Crippen molar-refractivity contribution >= 4 is 17.2 Å². The van der Waals surface area contributed by atoms with Crippen molar-refractivity contribution in [3.05, 3.63) is 46.2 Å². The number of aromatic nitrogens is 1. The Hall–Kier alpha value is -1.99. The minimum Gasteiger partial charge on any atom is -0.494 e. The number of carbonyl (C=O) groups excluding carboxylic acids is 1. The molecule has 0 unspecified atom stereocenters. The summed E-state index contributed by atoms with van der Waals surface area (Å²) in [6, 6.07) is 4.31. The van der Waals surface area contributed by atoms with Gasteiger partial charge in [0, 0.05) is 0 Å². The average Bonchev–Trinajstić information content (AvgIpc) is 3.04. The summed E-state index contributed by atoms with van der Waals surface area (Å²) in [6.07, 6.45) is 2.31. The summed E-state index contributed by atoms with van der Waals surface area (Å²) in [4.78, 5) is 16.7. The van der Waals surface area contributed by atoms with Crippen molar-refractivity contribution in [2.75, 3.05) is 7.11 Å². The van der Waals surface area contributed by atoms with E-state index in [1.54, 1.807) is 17.6 Å². The van der Waals surface area contributed by atoms with E-state index >= 15 is 0 Å². The fourth-order valence-corrected chi connectivity index (χ4v) is 3.31. The smallest absolute Gasteiger partial charge is 0.263 e. The van der Waals surface area contributed by atoms with Gasteiger partial charge in [-0.15, -0.1) is 11.3 Å². The molecule has 3 rings (SSSR count). The normalized spacial score (nSPS) is 21.3. The Labute approximate surface area is 137 Å². The fraction of sp³-hybridized carbons (Fsp3) is 0.375. The van der Waals surface area contributed by atoms with E-state index in [4.69, 9.17) is 4.74 Å². The molecule has 1 fully saturated rings. The van der Waals surface area contributed by atoms with E-state index in [-0.39, 0.29) is 29.7 Å². The molecule has 1 saturated carbocycles. The number of thiazole rings is 1. The van der Waals surface area contributed by atoms with E-state index in [0.717, 1.165) is 0 Å². The van der Waals surface area contributed by atoms with Crippen molar-refractivity contribution in [1.82, 2.24) is 10.3 Å². The van der Waals surface area contributed by atoms with Crippen LogP contribution in [0.25, 0.3) is 0 Å². The van der Waals surface area contributed by atoms with Crippen LogP contribution in [0.15, 0.2) is 29.9 Å². The third kappa shape index (κ3) is 3.35. The second kappa shape index (κ2) is 6.64.